The normalized spacial score (nSPS) is 46.0. The summed E-state index contributed by atoms with van der Waals surface area (Å²) in [5, 5.41) is 20.0. The molecule has 0 aliphatic heterocycles. The monoisotopic (exact) mass is 292 g/mol. The van der Waals surface area contributed by atoms with E-state index in [-0.39, 0.29) is 18.1 Å². The first-order valence-corrected chi connectivity index (χ1v) is 7.54. The van der Waals surface area contributed by atoms with Gasteiger partial charge in [0.2, 0.25) is 0 Å². The molecule has 0 unspecified atom stereocenters. The molecule has 0 aromatic heterocycles. The Kier molecular flexibility index (Phi) is 2.46. The quantitative estimate of drug-likeness (QED) is 0.717. The van der Waals surface area contributed by atoms with Gasteiger partial charge in [0, 0.05) is 12.3 Å². The number of alkyl halides is 1. The minimum absolute atomic E-state index is 0.0605. The van der Waals surface area contributed by atoms with Crippen LogP contribution in [-0.4, -0.2) is 33.1 Å². The van der Waals surface area contributed by atoms with Gasteiger partial charge < -0.3 is 10.2 Å². The zero-order valence-corrected chi connectivity index (χ0v) is 11.8. The molecule has 0 radical (unpaired) electrons. The van der Waals surface area contributed by atoms with Crippen molar-refractivity contribution < 1.29 is 15.0 Å². The molecule has 0 saturated heterocycles. The van der Waals surface area contributed by atoms with Gasteiger partial charge in [-0.1, -0.05) is 24.3 Å². The number of hydrogen-bond donors (Lipinski definition) is 2. The fourth-order valence-corrected chi connectivity index (χ4v) is 5.29. The number of halogens is 1. The highest BCUT2D eigenvalue weighted by molar-refractivity contribution is 6.31. The Bertz CT molecular complexity index is 601. The van der Waals surface area contributed by atoms with Crippen molar-refractivity contribution in [3.63, 3.8) is 0 Å². The summed E-state index contributed by atoms with van der Waals surface area (Å²) >= 11 is 6.77. The molecule has 20 heavy (non-hydrogen) atoms. The van der Waals surface area contributed by atoms with Crippen molar-refractivity contribution in [2.24, 2.45) is 5.41 Å². The van der Waals surface area contributed by atoms with Gasteiger partial charge in [-0.05, 0) is 30.4 Å². The number of rotatable bonds is 0. The van der Waals surface area contributed by atoms with E-state index in [4.69, 9.17) is 11.6 Å². The predicted octanol–water partition coefficient (Wildman–Crippen LogP) is 1.78. The zero-order chi connectivity index (χ0) is 14.1. The number of carbonyl (C=O) groups excluding carboxylic acids is 1. The third kappa shape index (κ3) is 1.31. The van der Waals surface area contributed by atoms with Crippen molar-refractivity contribution in [1.29, 1.82) is 0 Å². The van der Waals surface area contributed by atoms with Gasteiger partial charge in [-0.2, -0.15) is 0 Å². The van der Waals surface area contributed by atoms with Crippen molar-refractivity contribution in [3.05, 3.63) is 35.4 Å². The average molecular weight is 293 g/mol. The fourth-order valence-electron chi connectivity index (χ4n) is 4.59. The molecular weight excluding hydrogens is 276 g/mol. The Morgan fingerprint density at radius 2 is 1.80 bits per heavy atom. The second kappa shape index (κ2) is 3.85. The van der Waals surface area contributed by atoms with E-state index >= 15 is 0 Å². The van der Waals surface area contributed by atoms with E-state index in [2.05, 4.69) is 6.07 Å². The van der Waals surface area contributed by atoms with Gasteiger partial charge in [-0.3, -0.25) is 4.79 Å². The van der Waals surface area contributed by atoms with Gasteiger partial charge in [0.05, 0.1) is 22.5 Å². The minimum Gasteiger partial charge on any atom is -0.390 e. The van der Waals surface area contributed by atoms with E-state index in [1.807, 2.05) is 18.2 Å². The molecule has 4 rings (SSSR count). The number of fused-ring (bicyclic) bond motifs is 3. The van der Waals surface area contributed by atoms with Gasteiger partial charge in [-0.25, -0.2) is 0 Å². The lowest BCUT2D eigenvalue weighted by Gasteiger charge is -2.32. The van der Waals surface area contributed by atoms with E-state index in [0.717, 1.165) is 12.0 Å². The Labute approximate surface area is 122 Å². The van der Waals surface area contributed by atoms with Crippen LogP contribution in [0, 0.1) is 5.41 Å². The summed E-state index contributed by atoms with van der Waals surface area (Å²) in [6, 6.07) is 8.05. The molecule has 3 aliphatic rings. The highest BCUT2D eigenvalue weighted by atomic mass is 35.5. The molecule has 0 heterocycles. The lowest BCUT2D eigenvalue weighted by Crippen LogP contribution is -2.42. The van der Waals surface area contributed by atoms with Crippen LogP contribution < -0.4 is 0 Å². The maximum atomic E-state index is 12.7. The van der Waals surface area contributed by atoms with Gasteiger partial charge in [0.25, 0.3) is 0 Å². The van der Waals surface area contributed by atoms with Crippen molar-refractivity contribution in [2.75, 3.05) is 0 Å². The minimum atomic E-state index is -0.846. The summed E-state index contributed by atoms with van der Waals surface area (Å²) in [4.78, 5) is 12.0. The van der Waals surface area contributed by atoms with Gasteiger partial charge in [-0.15, -0.1) is 11.6 Å². The van der Waals surface area contributed by atoms with Gasteiger partial charge in [0.15, 0.2) is 0 Å². The second-order valence-electron chi connectivity index (χ2n) is 6.43. The molecule has 0 amide bonds. The average Bonchev–Trinajstić information content (AvgIpc) is 2.99. The highest BCUT2D eigenvalue weighted by Gasteiger charge is 2.82. The third-order valence-electron chi connectivity index (χ3n) is 5.58. The number of aryl methyl sites for hydroxylation is 1. The molecule has 1 aromatic rings. The summed E-state index contributed by atoms with van der Waals surface area (Å²) in [5.41, 5.74) is 1.65. The van der Waals surface area contributed by atoms with E-state index in [1.165, 1.54) is 5.56 Å². The van der Waals surface area contributed by atoms with Crippen LogP contribution in [0.3, 0.4) is 0 Å². The first-order valence-electron chi connectivity index (χ1n) is 7.17. The number of Topliss-reactive ketones (excluding diaryl/α,β-unsaturated/α-hetero) is 1. The molecule has 1 spiro atoms. The van der Waals surface area contributed by atoms with Crippen LogP contribution in [0.5, 0.6) is 0 Å². The molecular formula is C16H17ClO3. The number of hydrogen-bond acceptors (Lipinski definition) is 3. The summed E-state index contributed by atoms with van der Waals surface area (Å²) in [5.74, 6) is 0.0920. The Balaban J connectivity index is 1.88. The SMILES string of the molecule is O=C1CCc2ccccc2[C@H]2[C@@]3(Cl)C[C@@H](O)[C@@H](O)C[C@@]123. The largest absolute Gasteiger partial charge is 0.390 e. The van der Waals surface area contributed by atoms with E-state index in [1.54, 1.807) is 0 Å². The molecule has 0 bridgehead atoms. The van der Waals surface area contributed by atoms with Crippen molar-refractivity contribution >= 4 is 17.4 Å². The van der Waals surface area contributed by atoms with Crippen LogP contribution in [-0.2, 0) is 11.2 Å². The Hall–Kier alpha value is -0.900. The second-order valence-corrected chi connectivity index (χ2v) is 7.11. The molecule has 3 nitrogen and oxygen atoms in total. The maximum Gasteiger partial charge on any atom is 0.141 e. The van der Waals surface area contributed by atoms with Crippen molar-refractivity contribution in [3.8, 4) is 0 Å². The number of aliphatic hydroxyl groups excluding tert-OH is 2. The molecule has 3 aliphatic carbocycles. The number of ketones is 1. The molecule has 5 atom stereocenters. The number of aliphatic hydroxyl groups is 2. The molecule has 106 valence electrons. The van der Waals surface area contributed by atoms with Crippen molar-refractivity contribution in [1.82, 2.24) is 0 Å². The van der Waals surface area contributed by atoms with Gasteiger partial charge in [0.1, 0.15) is 5.78 Å². The molecule has 2 saturated carbocycles. The van der Waals surface area contributed by atoms with E-state index in [0.29, 0.717) is 12.8 Å². The van der Waals surface area contributed by atoms with Crippen LogP contribution in [0.15, 0.2) is 24.3 Å². The molecule has 4 heteroatoms. The molecule has 2 N–H and O–H groups in total. The summed E-state index contributed by atoms with van der Waals surface area (Å²) in [6.45, 7) is 0. The fraction of sp³-hybridized carbons (Fsp3) is 0.562. The Morgan fingerprint density at radius 3 is 2.60 bits per heavy atom. The number of benzene rings is 1. The van der Waals surface area contributed by atoms with E-state index in [9.17, 15) is 15.0 Å². The number of carbonyl (C=O) groups is 1. The first-order chi connectivity index (χ1) is 9.50. The predicted molar refractivity (Wildman–Crippen MR) is 74.8 cm³/mol. The molecule has 1 aromatic carbocycles. The summed E-state index contributed by atoms with van der Waals surface area (Å²) in [6.07, 6.45) is 0.130. The highest BCUT2D eigenvalue weighted by Crippen LogP contribution is 2.78. The summed E-state index contributed by atoms with van der Waals surface area (Å²) < 4.78 is 0. The van der Waals surface area contributed by atoms with Crippen LogP contribution in [0.1, 0.15) is 36.3 Å². The third-order valence-corrected chi connectivity index (χ3v) is 6.28. The standard InChI is InChI=1S/C16H17ClO3/c17-16-8-12(19)11(18)7-15(16)13(20)6-5-9-3-1-2-4-10(9)14(15)16/h1-4,11-12,14,18-19H,5-8H2/t11-,12+,14+,15+,16-/m0/s1. The smallest absolute Gasteiger partial charge is 0.141 e. The molecule has 2 fully saturated rings. The van der Waals surface area contributed by atoms with Gasteiger partial charge >= 0.3 is 0 Å². The topological polar surface area (TPSA) is 57.5 Å². The Morgan fingerprint density at radius 1 is 1.10 bits per heavy atom. The maximum absolute atomic E-state index is 12.7. The lowest BCUT2D eigenvalue weighted by atomic mass is 9.80. The zero-order valence-electron chi connectivity index (χ0n) is 11.1. The van der Waals surface area contributed by atoms with E-state index < -0.39 is 22.5 Å². The van der Waals surface area contributed by atoms with Crippen LogP contribution >= 0.6 is 11.6 Å². The van der Waals surface area contributed by atoms with Crippen molar-refractivity contribution in [2.45, 2.75) is 48.7 Å². The first kappa shape index (κ1) is 12.8. The lowest BCUT2D eigenvalue weighted by molar-refractivity contribution is -0.128. The summed E-state index contributed by atoms with van der Waals surface area (Å²) in [7, 11) is 0. The van der Waals surface area contributed by atoms with Crippen LogP contribution in [0.25, 0.3) is 0 Å². The van der Waals surface area contributed by atoms with Crippen LogP contribution in [0.4, 0.5) is 0 Å². The van der Waals surface area contributed by atoms with Crippen LogP contribution in [0.2, 0.25) is 0 Å².